The Kier molecular flexibility index (Phi) is 4.54. The Balaban J connectivity index is 2.41. The van der Waals surface area contributed by atoms with E-state index in [1.165, 1.54) is 6.07 Å². The van der Waals surface area contributed by atoms with E-state index in [9.17, 15) is 18.0 Å². The van der Waals surface area contributed by atoms with Crippen LogP contribution in [0.4, 0.5) is 18.0 Å². The summed E-state index contributed by atoms with van der Waals surface area (Å²) in [7, 11) is 0. The zero-order valence-electron chi connectivity index (χ0n) is 9.12. The Hall–Kier alpha value is -2.23. The minimum Gasteiger partial charge on any atom is -0.445 e. The van der Waals surface area contributed by atoms with Crippen molar-refractivity contribution in [2.75, 3.05) is 6.54 Å². The number of hydrogen-bond acceptors (Lipinski definition) is 3. The van der Waals surface area contributed by atoms with Crippen molar-refractivity contribution in [2.24, 2.45) is 0 Å². The summed E-state index contributed by atoms with van der Waals surface area (Å²) in [5, 5.41) is 10.2. The number of alkyl carbamates (subject to hydrolysis) is 1. The topological polar surface area (TPSA) is 62.1 Å². The van der Waals surface area contributed by atoms with Gasteiger partial charge in [-0.25, -0.2) is 4.79 Å². The first-order chi connectivity index (χ1) is 8.40. The van der Waals surface area contributed by atoms with Gasteiger partial charge in [0.25, 0.3) is 0 Å². The summed E-state index contributed by atoms with van der Waals surface area (Å²) in [6.07, 6.45) is -5.63. The summed E-state index contributed by atoms with van der Waals surface area (Å²) in [6.45, 7) is -1.64. The third kappa shape index (κ3) is 5.21. The van der Waals surface area contributed by atoms with Gasteiger partial charge in [-0.15, -0.1) is 0 Å². The number of carbonyl (C=O) groups is 1. The molecular weight excluding hydrogens is 249 g/mol. The minimum atomic E-state index is -4.47. The molecule has 7 heteroatoms. The molecule has 1 aromatic rings. The number of halogens is 3. The van der Waals surface area contributed by atoms with Crippen molar-refractivity contribution in [1.29, 1.82) is 5.26 Å². The van der Waals surface area contributed by atoms with Crippen molar-refractivity contribution in [3.63, 3.8) is 0 Å². The molecule has 0 aliphatic carbocycles. The molecule has 0 aromatic heterocycles. The molecule has 0 atom stereocenters. The lowest BCUT2D eigenvalue weighted by Crippen LogP contribution is -2.34. The average Bonchev–Trinajstić information content (AvgIpc) is 2.33. The van der Waals surface area contributed by atoms with Gasteiger partial charge in [-0.2, -0.15) is 18.4 Å². The Bertz CT molecular complexity index is 466. The lowest BCUT2D eigenvalue weighted by molar-refractivity contribution is -0.123. The Morgan fingerprint density at radius 3 is 2.78 bits per heavy atom. The smallest absolute Gasteiger partial charge is 0.407 e. The lowest BCUT2D eigenvalue weighted by Gasteiger charge is -2.09. The molecule has 0 aliphatic heterocycles. The highest BCUT2D eigenvalue weighted by Crippen LogP contribution is 2.12. The van der Waals surface area contributed by atoms with E-state index in [2.05, 4.69) is 4.74 Å². The van der Waals surface area contributed by atoms with Gasteiger partial charge in [0, 0.05) is 0 Å². The normalized spacial score (nSPS) is 10.6. The maximum absolute atomic E-state index is 11.8. The van der Waals surface area contributed by atoms with Gasteiger partial charge in [-0.1, -0.05) is 12.1 Å². The van der Waals surface area contributed by atoms with E-state index in [4.69, 9.17) is 5.26 Å². The number of nitrogens with one attached hydrogen (secondary N) is 1. The van der Waals surface area contributed by atoms with E-state index in [0.717, 1.165) is 0 Å². The summed E-state index contributed by atoms with van der Waals surface area (Å²) in [6, 6.07) is 8.12. The monoisotopic (exact) mass is 258 g/mol. The van der Waals surface area contributed by atoms with Gasteiger partial charge in [0.15, 0.2) is 0 Å². The highest BCUT2D eigenvalue weighted by molar-refractivity contribution is 5.67. The molecule has 0 saturated heterocycles. The fourth-order valence-electron chi connectivity index (χ4n) is 1.10. The van der Waals surface area contributed by atoms with Crippen molar-refractivity contribution < 1.29 is 22.7 Å². The maximum Gasteiger partial charge on any atom is 0.407 e. The molecule has 0 fully saturated rings. The lowest BCUT2D eigenvalue weighted by atomic mass is 10.1. The van der Waals surface area contributed by atoms with Crippen LogP contribution >= 0.6 is 0 Å². The molecule has 1 N–H and O–H groups in total. The number of nitrogens with zero attached hydrogens (tertiary/aromatic N) is 1. The second-order valence-electron chi connectivity index (χ2n) is 3.36. The van der Waals surface area contributed by atoms with E-state index in [-0.39, 0.29) is 6.61 Å². The van der Waals surface area contributed by atoms with Crippen LogP contribution in [0.2, 0.25) is 0 Å². The zero-order valence-corrected chi connectivity index (χ0v) is 9.12. The molecular formula is C11H9F3N2O2. The first-order valence-corrected chi connectivity index (χ1v) is 4.87. The van der Waals surface area contributed by atoms with Crippen molar-refractivity contribution >= 4 is 6.09 Å². The van der Waals surface area contributed by atoms with E-state index in [1.807, 2.05) is 6.07 Å². The van der Waals surface area contributed by atoms with Crippen LogP contribution in [-0.2, 0) is 11.3 Å². The third-order valence-electron chi connectivity index (χ3n) is 1.86. The molecule has 0 saturated carbocycles. The Labute approximate surface area is 101 Å². The fourth-order valence-corrected chi connectivity index (χ4v) is 1.10. The van der Waals surface area contributed by atoms with Crippen LogP contribution in [0.5, 0.6) is 0 Å². The molecule has 0 unspecified atom stereocenters. The number of benzene rings is 1. The van der Waals surface area contributed by atoms with Gasteiger partial charge in [0.05, 0.1) is 11.6 Å². The predicted octanol–water partition coefficient (Wildman–Crippen LogP) is 2.35. The van der Waals surface area contributed by atoms with Gasteiger partial charge >= 0.3 is 12.3 Å². The number of alkyl halides is 3. The van der Waals surface area contributed by atoms with Crippen LogP contribution in [0.25, 0.3) is 0 Å². The van der Waals surface area contributed by atoms with Crippen LogP contribution in [-0.4, -0.2) is 18.8 Å². The minimum absolute atomic E-state index is 0.195. The highest BCUT2D eigenvalue weighted by atomic mass is 19.4. The molecule has 0 heterocycles. The molecule has 1 amide bonds. The van der Waals surface area contributed by atoms with Crippen molar-refractivity contribution in [2.45, 2.75) is 12.8 Å². The van der Waals surface area contributed by atoms with Gasteiger partial charge < -0.3 is 10.1 Å². The van der Waals surface area contributed by atoms with Crippen LogP contribution in [0, 0.1) is 11.3 Å². The molecule has 18 heavy (non-hydrogen) atoms. The van der Waals surface area contributed by atoms with E-state index in [0.29, 0.717) is 11.1 Å². The van der Waals surface area contributed by atoms with Crippen molar-refractivity contribution in [1.82, 2.24) is 5.32 Å². The van der Waals surface area contributed by atoms with Gasteiger partial charge in [0.1, 0.15) is 13.2 Å². The Morgan fingerprint density at radius 2 is 2.17 bits per heavy atom. The third-order valence-corrected chi connectivity index (χ3v) is 1.86. The summed E-state index contributed by atoms with van der Waals surface area (Å²) in [5.41, 5.74) is 0.906. The predicted molar refractivity (Wildman–Crippen MR) is 55.4 cm³/mol. The average molecular weight is 258 g/mol. The van der Waals surface area contributed by atoms with Crippen LogP contribution in [0.3, 0.4) is 0 Å². The van der Waals surface area contributed by atoms with Crippen LogP contribution < -0.4 is 5.32 Å². The molecule has 1 aromatic carbocycles. The van der Waals surface area contributed by atoms with Gasteiger partial charge in [-0.05, 0) is 17.7 Å². The SMILES string of the molecule is N#Cc1cccc(COC(=O)NCC(F)(F)F)c1. The fraction of sp³-hybridized carbons (Fsp3) is 0.273. The molecule has 96 valence electrons. The number of rotatable bonds is 3. The molecule has 4 nitrogen and oxygen atoms in total. The van der Waals surface area contributed by atoms with Crippen LogP contribution in [0.1, 0.15) is 11.1 Å². The summed E-state index contributed by atoms with van der Waals surface area (Å²) < 4.78 is 39.9. The first kappa shape index (κ1) is 13.8. The number of ether oxygens (including phenoxy) is 1. The number of hydrogen-bond donors (Lipinski definition) is 1. The largest absolute Gasteiger partial charge is 0.445 e. The van der Waals surface area contributed by atoms with Crippen molar-refractivity contribution in [3.8, 4) is 6.07 Å². The number of nitriles is 1. The second-order valence-corrected chi connectivity index (χ2v) is 3.36. The highest BCUT2D eigenvalue weighted by Gasteiger charge is 2.27. The first-order valence-electron chi connectivity index (χ1n) is 4.87. The van der Waals surface area contributed by atoms with Crippen LogP contribution in [0.15, 0.2) is 24.3 Å². The molecule has 0 spiro atoms. The van der Waals surface area contributed by atoms with Gasteiger partial charge in [-0.3, -0.25) is 0 Å². The Morgan fingerprint density at radius 1 is 1.44 bits per heavy atom. The standard InChI is InChI=1S/C11H9F3N2O2/c12-11(13,14)7-16-10(17)18-6-9-3-1-2-8(4-9)5-15/h1-4H,6-7H2,(H,16,17). The molecule has 0 radical (unpaired) electrons. The van der Waals surface area contributed by atoms with Crippen molar-refractivity contribution in [3.05, 3.63) is 35.4 Å². The quantitative estimate of drug-likeness (QED) is 0.905. The molecule has 1 rings (SSSR count). The number of amides is 1. The molecule has 0 bridgehead atoms. The summed E-state index contributed by atoms with van der Waals surface area (Å²) >= 11 is 0. The second kappa shape index (κ2) is 5.91. The summed E-state index contributed by atoms with van der Waals surface area (Å²) in [5.74, 6) is 0. The van der Waals surface area contributed by atoms with E-state index < -0.39 is 18.8 Å². The zero-order chi connectivity index (χ0) is 13.6. The summed E-state index contributed by atoms with van der Waals surface area (Å²) in [4.78, 5) is 10.9. The number of carbonyl (C=O) groups excluding carboxylic acids is 1. The van der Waals surface area contributed by atoms with E-state index >= 15 is 0 Å². The molecule has 0 aliphatic rings. The van der Waals surface area contributed by atoms with E-state index in [1.54, 1.807) is 23.5 Å². The van der Waals surface area contributed by atoms with Gasteiger partial charge in [0.2, 0.25) is 0 Å². The maximum atomic E-state index is 11.8.